The molecule has 1 aromatic carbocycles. The van der Waals surface area contributed by atoms with E-state index in [0.29, 0.717) is 11.6 Å². The number of hydrogen-bond donors (Lipinski definition) is 0. The van der Waals surface area contributed by atoms with Crippen LogP contribution < -0.4 is 9.64 Å². The van der Waals surface area contributed by atoms with Crippen molar-refractivity contribution < 1.29 is 4.74 Å². The Morgan fingerprint density at radius 1 is 1.16 bits per heavy atom. The highest BCUT2D eigenvalue weighted by Crippen LogP contribution is 2.38. The lowest BCUT2D eigenvalue weighted by atomic mass is 10.3. The molecular weight excluding hydrogens is 383 g/mol. The van der Waals surface area contributed by atoms with Crippen LogP contribution in [0, 0.1) is 6.92 Å². The number of aryl methyl sites for hydroxylation is 1. The number of halogens is 3. The summed E-state index contributed by atoms with van der Waals surface area (Å²) in [5.74, 6) is 2.54. The summed E-state index contributed by atoms with van der Waals surface area (Å²) in [6.45, 7) is 4.57. The molecule has 0 unspecified atom stereocenters. The molecule has 1 aliphatic rings. The van der Waals surface area contributed by atoms with Gasteiger partial charge < -0.3 is 9.64 Å². The van der Waals surface area contributed by atoms with E-state index in [9.17, 15) is 0 Å². The van der Waals surface area contributed by atoms with Crippen molar-refractivity contribution >= 4 is 46.6 Å². The zero-order valence-electron chi connectivity index (χ0n) is 13.6. The van der Waals surface area contributed by atoms with Gasteiger partial charge in [-0.25, -0.2) is 15.0 Å². The Bertz CT molecular complexity index is 846. The second kappa shape index (κ2) is 7.20. The van der Waals surface area contributed by atoms with E-state index >= 15 is 0 Å². The number of ether oxygens (including phenoxy) is 1. The highest BCUT2D eigenvalue weighted by Gasteiger charge is 2.27. The molecule has 130 valence electrons. The molecular formula is C17H15Cl3N4O. The van der Waals surface area contributed by atoms with Crippen LogP contribution in [0.15, 0.2) is 42.3 Å². The van der Waals surface area contributed by atoms with Gasteiger partial charge in [-0.1, -0.05) is 53.0 Å². The monoisotopic (exact) mass is 396 g/mol. The van der Waals surface area contributed by atoms with Crippen molar-refractivity contribution in [1.29, 1.82) is 0 Å². The van der Waals surface area contributed by atoms with Crippen molar-refractivity contribution in [1.82, 2.24) is 15.0 Å². The first-order chi connectivity index (χ1) is 11.9. The van der Waals surface area contributed by atoms with Gasteiger partial charge in [-0.15, -0.1) is 0 Å². The normalized spacial score (nSPS) is 15.7. The minimum absolute atomic E-state index is 0.0945. The van der Waals surface area contributed by atoms with Gasteiger partial charge in [0.2, 0.25) is 9.68 Å². The van der Waals surface area contributed by atoms with Crippen LogP contribution in [-0.2, 0) is 3.79 Å². The fourth-order valence-corrected chi connectivity index (χ4v) is 2.68. The maximum Gasteiger partial charge on any atom is 0.250 e. The summed E-state index contributed by atoms with van der Waals surface area (Å²) in [4.78, 5) is 14.5. The summed E-state index contributed by atoms with van der Waals surface area (Å²) in [6.07, 6.45) is 5.35. The summed E-state index contributed by atoms with van der Waals surface area (Å²) in [6, 6.07) is 7.88. The molecule has 0 aliphatic carbocycles. The standard InChI is InChI=1S/C17H15Cl3N4O/c1-3-24-12-7-4-5-8-13(12)25-15(24)10-6-9-14-21-11(2)22-16(23-14)17(18,19)20/h4-10H,3H2,1-2H3. The predicted molar refractivity (Wildman–Crippen MR) is 101 cm³/mol. The van der Waals surface area contributed by atoms with Crippen molar-refractivity contribution in [2.45, 2.75) is 17.6 Å². The average molecular weight is 398 g/mol. The lowest BCUT2D eigenvalue weighted by Gasteiger charge is -2.14. The Hall–Kier alpha value is -1.82. The summed E-state index contributed by atoms with van der Waals surface area (Å²) in [7, 11) is 0. The zero-order valence-corrected chi connectivity index (χ0v) is 15.8. The van der Waals surface area contributed by atoms with Crippen LogP contribution in [0.5, 0.6) is 5.75 Å². The summed E-state index contributed by atoms with van der Waals surface area (Å²) in [5, 5.41) is 0. The second-order valence-corrected chi connectivity index (χ2v) is 7.52. The minimum atomic E-state index is -1.69. The molecule has 0 radical (unpaired) electrons. The molecule has 2 aromatic rings. The number of allylic oxidation sites excluding steroid dienone is 2. The SMILES string of the molecule is CCN1C(=CC=Cc2nc(C)nc(C(Cl)(Cl)Cl)n2)Oc2ccccc21. The van der Waals surface area contributed by atoms with Crippen molar-refractivity contribution in [3.8, 4) is 5.75 Å². The van der Waals surface area contributed by atoms with Crippen molar-refractivity contribution in [2.75, 3.05) is 11.4 Å². The third-order valence-electron chi connectivity index (χ3n) is 3.45. The lowest BCUT2D eigenvalue weighted by molar-refractivity contribution is 0.440. The number of anilines is 1. The molecule has 0 atom stereocenters. The minimum Gasteiger partial charge on any atom is -0.439 e. The Labute approximate surface area is 160 Å². The number of hydrogen-bond acceptors (Lipinski definition) is 5. The molecule has 0 saturated carbocycles. The van der Waals surface area contributed by atoms with Gasteiger partial charge in [0.25, 0.3) is 0 Å². The molecule has 0 N–H and O–H groups in total. The van der Waals surface area contributed by atoms with Crippen LogP contribution in [0.25, 0.3) is 6.08 Å². The Morgan fingerprint density at radius 2 is 1.92 bits per heavy atom. The number of nitrogens with zero attached hydrogens (tertiary/aromatic N) is 4. The maximum atomic E-state index is 5.87. The van der Waals surface area contributed by atoms with E-state index in [0.717, 1.165) is 23.9 Å². The second-order valence-electron chi connectivity index (χ2n) is 5.24. The third kappa shape index (κ3) is 4.06. The molecule has 0 saturated heterocycles. The van der Waals surface area contributed by atoms with Crippen LogP contribution in [0.1, 0.15) is 24.4 Å². The Balaban J connectivity index is 1.84. The molecule has 25 heavy (non-hydrogen) atoms. The highest BCUT2D eigenvalue weighted by atomic mass is 35.6. The molecule has 0 bridgehead atoms. The Morgan fingerprint density at radius 3 is 2.64 bits per heavy atom. The van der Waals surface area contributed by atoms with Crippen molar-refractivity contribution in [2.24, 2.45) is 0 Å². The number of para-hydroxylation sites is 2. The van der Waals surface area contributed by atoms with E-state index in [2.05, 4.69) is 26.8 Å². The van der Waals surface area contributed by atoms with Gasteiger partial charge in [0, 0.05) is 6.54 Å². The predicted octanol–water partition coefficient (Wildman–Crippen LogP) is 4.78. The van der Waals surface area contributed by atoms with Gasteiger partial charge in [0.1, 0.15) is 5.82 Å². The largest absolute Gasteiger partial charge is 0.439 e. The van der Waals surface area contributed by atoms with Gasteiger partial charge in [-0.3, -0.25) is 0 Å². The van der Waals surface area contributed by atoms with Gasteiger partial charge >= 0.3 is 0 Å². The van der Waals surface area contributed by atoms with Crippen LogP contribution in [-0.4, -0.2) is 21.5 Å². The van der Waals surface area contributed by atoms with Gasteiger partial charge in [0.05, 0.1) is 5.69 Å². The number of alkyl halides is 3. The summed E-state index contributed by atoms with van der Waals surface area (Å²) >= 11 is 17.5. The number of aromatic nitrogens is 3. The van der Waals surface area contributed by atoms with E-state index < -0.39 is 3.79 Å². The maximum absolute atomic E-state index is 5.87. The molecule has 1 aromatic heterocycles. The fourth-order valence-electron chi connectivity index (χ4n) is 2.42. The first kappa shape index (κ1) is 18.0. The first-order valence-electron chi connectivity index (χ1n) is 7.61. The molecule has 0 amide bonds. The van der Waals surface area contributed by atoms with E-state index in [4.69, 9.17) is 39.5 Å². The van der Waals surface area contributed by atoms with E-state index in [1.165, 1.54) is 0 Å². The topological polar surface area (TPSA) is 51.1 Å². The van der Waals surface area contributed by atoms with E-state index in [1.807, 2.05) is 30.3 Å². The van der Waals surface area contributed by atoms with Crippen LogP contribution >= 0.6 is 34.8 Å². The number of rotatable bonds is 3. The first-order valence-corrected chi connectivity index (χ1v) is 8.74. The smallest absolute Gasteiger partial charge is 0.250 e. The molecule has 3 rings (SSSR count). The van der Waals surface area contributed by atoms with E-state index in [-0.39, 0.29) is 5.82 Å². The van der Waals surface area contributed by atoms with Gasteiger partial charge in [-0.05, 0) is 38.1 Å². The lowest BCUT2D eigenvalue weighted by Crippen LogP contribution is -2.19. The molecule has 0 spiro atoms. The summed E-state index contributed by atoms with van der Waals surface area (Å²) < 4.78 is 4.18. The van der Waals surface area contributed by atoms with E-state index in [1.54, 1.807) is 19.1 Å². The van der Waals surface area contributed by atoms with Gasteiger partial charge in [-0.2, -0.15) is 0 Å². The molecule has 5 nitrogen and oxygen atoms in total. The number of fused-ring (bicyclic) bond motifs is 1. The average Bonchev–Trinajstić information content (AvgIpc) is 2.91. The summed E-state index contributed by atoms with van der Waals surface area (Å²) in [5.41, 5.74) is 1.04. The van der Waals surface area contributed by atoms with Gasteiger partial charge in [0.15, 0.2) is 17.4 Å². The molecule has 1 aliphatic heterocycles. The molecule has 8 heteroatoms. The quantitative estimate of drug-likeness (QED) is 0.698. The van der Waals surface area contributed by atoms with Crippen LogP contribution in [0.3, 0.4) is 0 Å². The Kier molecular flexibility index (Phi) is 5.18. The third-order valence-corrected chi connectivity index (χ3v) is 3.96. The van der Waals surface area contributed by atoms with Crippen LogP contribution in [0.2, 0.25) is 0 Å². The highest BCUT2D eigenvalue weighted by molar-refractivity contribution is 6.66. The zero-order chi connectivity index (χ0) is 18.0. The fraction of sp³-hybridized carbons (Fsp3) is 0.235. The number of benzene rings is 1. The molecule has 2 heterocycles. The van der Waals surface area contributed by atoms with Crippen LogP contribution in [0.4, 0.5) is 5.69 Å². The van der Waals surface area contributed by atoms with Crippen molar-refractivity contribution in [3.63, 3.8) is 0 Å². The molecule has 0 fully saturated rings. The van der Waals surface area contributed by atoms with Crippen molar-refractivity contribution in [3.05, 3.63) is 59.8 Å².